The Labute approximate surface area is 195 Å². The molecule has 7 nitrogen and oxygen atoms in total. The van der Waals surface area contributed by atoms with E-state index in [9.17, 15) is 14.7 Å². The van der Waals surface area contributed by atoms with Crippen LogP contribution < -0.4 is 10.1 Å². The zero-order valence-electron chi connectivity index (χ0n) is 18.5. The van der Waals surface area contributed by atoms with Gasteiger partial charge in [0.1, 0.15) is 5.75 Å². The Kier molecular flexibility index (Phi) is 6.37. The highest BCUT2D eigenvalue weighted by Crippen LogP contribution is 2.31. The summed E-state index contributed by atoms with van der Waals surface area (Å²) in [6, 6.07) is 16.2. The standard InChI is InChI=1S/C25H23N3O4S/c1-4-32-19-11-9-18(10-12-19)26-25-27-23(29)22(33-25)14-17-13-15(2)28(16(17)3)21-8-6-5-7-20(21)24(30)31/h5-14H,4H2,1-3H3,(H,30,31)(H,26,27,29)/b22-14-. The van der Waals surface area contributed by atoms with Crippen LogP contribution in [0.2, 0.25) is 0 Å². The lowest BCUT2D eigenvalue weighted by atomic mass is 10.1. The smallest absolute Gasteiger partial charge is 0.337 e. The summed E-state index contributed by atoms with van der Waals surface area (Å²) in [7, 11) is 0. The van der Waals surface area contributed by atoms with Crippen molar-refractivity contribution in [2.24, 2.45) is 4.99 Å². The van der Waals surface area contributed by atoms with E-state index in [1.54, 1.807) is 18.2 Å². The molecular weight excluding hydrogens is 438 g/mol. The second-order valence-electron chi connectivity index (χ2n) is 7.39. The first-order valence-electron chi connectivity index (χ1n) is 10.4. The van der Waals surface area contributed by atoms with E-state index in [-0.39, 0.29) is 11.5 Å². The average molecular weight is 462 g/mol. The monoisotopic (exact) mass is 461 g/mol. The van der Waals surface area contributed by atoms with Crippen molar-refractivity contribution in [3.05, 3.63) is 82.0 Å². The topological polar surface area (TPSA) is 92.9 Å². The lowest BCUT2D eigenvalue weighted by molar-refractivity contribution is -0.115. The summed E-state index contributed by atoms with van der Waals surface area (Å²) in [5.74, 6) is -0.440. The zero-order chi connectivity index (χ0) is 23.5. The first-order valence-corrected chi connectivity index (χ1v) is 11.2. The molecule has 1 aromatic heterocycles. The molecule has 0 atom stereocenters. The number of aryl methyl sites for hydroxylation is 1. The van der Waals surface area contributed by atoms with Crippen molar-refractivity contribution < 1.29 is 19.4 Å². The summed E-state index contributed by atoms with van der Waals surface area (Å²) in [5, 5.41) is 12.9. The number of carbonyl (C=O) groups excluding carboxylic acids is 1. The van der Waals surface area contributed by atoms with Crippen LogP contribution in [0.4, 0.5) is 5.69 Å². The van der Waals surface area contributed by atoms with Crippen molar-refractivity contribution in [3.63, 3.8) is 0 Å². The zero-order valence-corrected chi connectivity index (χ0v) is 19.3. The number of aromatic carboxylic acids is 1. The van der Waals surface area contributed by atoms with Crippen LogP contribution >= 0.6 is 11.8 Å². The average Bonchev–Trinajstić information content (AvgIpc) is 3.27. The number of amides is 1. The van der Waals surface area contributed by atoms with Crippen LogP contribution in [-0.2, 0) is 4.79 Å². The van der Waals surface area contributed by atoms with E-state index in [0.717, 1.165) is 22.7 Å². The number of aliphatic imine (C=N–C) groups is 1. The number of nitrogens with zero attached hydrogens (tertiary/aromatic N) is 2. The van der Waals surface area contributed by atoms with Crippen LogP contribution in [0.5, 0.6) is 5.75 Å². The van der Waals surface area contributed by atoms with E-state index in [4.69, 9.17) is 4.74 Å². The van der Waals surface area contributed by atoms with Gasteiger partial charge in [-0.05, 0) is 86.6 Å². The molecule has 1 saturated heterocycles. The molecule has 1 aliphatic rings. The highest BCUT2D eigenvalue weighted by atomic mass is 32.2. The summed E-state index contributed by atoms with van der Waals surface area (Å²) in [5.41, 5.74) is 4.08. The minimum Gasteiger partial charge on any atom is -0.494 e. The lowest BCUT2D eigenvalue weighted by Crippen LogP contribution is -2.19. The number of benzene rings is 2. The molecule has 1 aliphatic heterocycles. The fraction of sp³-hybridized carbons (Fsp3) is 0.160. The Morgan fingerprint density at radius 3 is 2.61 bits per heavy atom. The number of aromatic nitrogens is 1. The molecule has 0 aliphatic carbocycles. The number of thioether (sulfide) groups is 1. The van der Waals surface area contributed by atoms with Crippen LogP contribution in [0.25, 0.3) is 11.8 Å². The van der Waals surface area contributed by atoms with Gasteiger partial charge in [0.25, 0.3) is 5.91 Å². The minimum atomic E-state index is -0.987. The third kappa shape index (κ3) is 4.70. The number of amidine groups is 1. The number of nitrogens with one attached hydrogen (secondary N) is 1. The Morgan fingerprint density at radius 2 is 1.91 bits per heavy atom. The van der Waals surface area contributed by atoms with Gasteiger partial charge in [-0.15, -0.1) is 0 Å². The number of carboxylic acid groups (broad SMARTS) is 1. The molecular formula is C25H23N3O4S. The van der Waals surface area contributed by atoms with Gasteiger partial charge in [0, 0.05) is 11.4 Å². The molecule has 0 radical (unpaired) electrons. The van der Waals surface area contributed by atoms with Gasteiger partial charge in [0.05, 0.1) is 28.5 Å². The molecule has 0 bridgehead atoms. The molecule has 2 heterocycles. The van der Waals surface area contributed by atoms with Crippen molar-refractivity contribution in [1.82, 2.24) is 9.88 Å². The maximum Gasteiger partial charge on any atom is 0.337 e. The molecule has 0 spiro atoms. The van der Waals surface area contributed by atoms with E-state index < -0.39 is 5.97 Å². The number of carbonyl (C=O) groups is 2. The van der Waals surface area contributed by atoms with Gasteiger partial charge < -0.3 is 19.7 Å². The molecule has 0 unspecified atom stereocenters. The first kappa shape index (κ1) is 22.4. The van der Waals surface area contributed by atoms with E-state index in [1.807, 2.05) is 67.8 Å². The Morgan fingerprint density at radius 1 is 1.18 bits per heavy atom. The predicted molar refractivity (Wildman–Crippen MR) is 131 cm³/mol. The number of rotatable bonds is 6. The van der Waals surface area contributed by atoms with Crippen LogP contribution in [0.15, 0.2) is 64.5 Å². The maximum atomic E-state index is 12.5. The second kappa shape index (κ2) is 9.38. The Bertz CT molecular complexity index is 1290. The van der Waals surface area contributed by atoms with Crippen molar-refractivity contribution in [2.75, 3.05) is 6.61 Å². The summed E-state index contributed by atoms with van der Waals surface area (Å²) in [6.45, 7) is 6.34. The summed E-state index contributed by atoms with van der Waals surface area (Å²) in [6.07, 6.45) is 1.81. The summed E-state index contributed by atoms with van der Waals surface area (Å²) >= 11 is 1.27. The van der Waals surface area contributed by atoms with Crippen LogP contribution in [-0.4, -0.2) is 33.3 Å². The number of para-hydroxylation sites is 1. The fourth-order valence-corrected chi connectivity index (χ4v) is 4.51. The molecule has 8 heteroatoms. The van der Waals surface area contributed by atoms with Gasteiger partial charge in [-0.25, -0.2) is 9.79 Å². The maximum absolute atomic E-state index is 12.5. The van der Waals surface area contributed by atoms with Crippen LogP contribution in [0.3, 0.4) is 0 Å². The Balaban J connectivity index is 1.62. The molecule has 1 amide bonds. The van der Waals surface area contributed by atoms with E-state index in [1.165, 1.54) is 11.8 Å². The van der Waals surface area contributed by atoms with E-state index in [0.29, 0.717) is 28.1 Å². The van der Waals surface area contributed by atoms with Gasteiger partial charge in [-0.3, -0.25) is 4.79 Å². The SMILES string of the molecule is CCOc1ccc(N=C2NC(=O)/C(=C/c3cc(C)n(-c4ccccc4C(=O)O)c3C)S2)cc1. The quantitative estimate of drug-likeness (QED) is 0.499. The van der Waals surface area contributed by atoms with Crippen LogP contribution in [0, 0.1) is 13.8 Å². The number of carboxylic acids is 1. The number of hydrogen-bond acceptors (Lipinski definition) is 5. The Hall–Kier alpha value is -3.78. The molecule has 0 saturated carbocycles. The summed E-state index contributed by atoms with van der Waals surface area (Å²) < 4.78 is 7.33. The normalized spacial score (nSPS) is 15.8. The van der Waals surface area contributed by atoms with Gasteiger partial charge in [-0.1, -0.05) is 12.1 Å². The lowest BCUT2D eigenvalue weighted by Gasteiger charge is -2.12. The third-order valence-corrected chi connectivity index (χ3v) is 6.07. The van der Waals surface area contributed by atoms with Crippen molar-refractivity contribution >= 4 is 40.6 Å². The van der Waals surface area contributed by atoms with Crippen LogP contribution in [0.1, 0.15) is 34.2 Å². The second-order valence-corrected chi connectivity index (χ2v) is 8.42. The van der Waals surface area contributed by atoms with Crippen molar-refractivity contribution in [1.29, 1.82) is 0 Å². The first-order chi connectivity index (χ1) is 15.9. The van der Waals surface area contributed by atoms with Gasteiger partial charge in [-0.2, -0.15) is 0 Å². The minimum absolute atomic E-state index is 0.219. The number of hydrogen-bond donors (Lipinski definition) is 2. The van der Waals surface area contributed by atoms with E-state index in [2.05, 4.69) is 10.3 Å². The molecule has 2 aromatic carbocycles. The van der Waals surface area contributed by atoms with E-state index >= 15 is 0 Å². The third-order valence-electron chi connectivity index (χ3n) is 5.16. The molecule has 2 N–H and O–H groups in total. The molecule has 33 heavy (non-hydrogen) atoms. The predicted octanol–water partition coefficient (Wildman–Crippen LogP) is 5.08. The molecule has 3 aromatic rings. The van der Waals surface area contributed by atoms with Gasteiger partial charge in [0.15, 0.2) is 5.17 Å². The number of ether oxygens (including phenoxy) is 1. The highest BCUT2D eigenvalue weighted by molar-refractivity contribution is 8.18. The van der Waals surface area contributed by atoms with Gasteiger partial charge >= 0.3 is 5.97 Å². The largest absolute Gasteiger partial charge is 0.494 e. The highest BCUT2D eigenvalue weighted by Gasteiger charge is 2.25. The van der Waals surface area contributed by atoms with Crippen molar-refractivity contribution in [2.45, 2.75) is 20.8 Å². The van der Waals surface area contributed by atoms with Gasteiger partial charge in [0.2, 0.25) is 0 Å². The molecule has 1 fully saturated rings. The molecule has 168 valence electrons. The fourth-order valence-electron chi connectivity index (χ4n) is 3.68. The summed E-state index contributed by atoms with van der Waals surface area (Å²) in [4.78, 5) is 29.3. The molecule has 4 rings (SSSR count). The van der Waals surface area contributed by atoms with Crippen molar-refractivity contribution in [3.8, 4) is 11.4 Å².